The zero-order valence-corrected chi connectivity index (χ0v) is 10.1. The van der Waals surface area contributed by atoms with Gasteiger partial charge in [-0.2, -0.15) is 0 Å². The Balaban J connectivity index is 2.72. The number of aliphatic carboxylic acids is 1. The molecule has 0 heterocycles. The van der Waals surface area contributed by atoms with E-state index in [4.69, 9.17) is 5.11 Å². The Morgan fingerprint density at radius 1 is 1.25 bits per heavy atom. The first kappa shape index (κ1) is 12.8. The van der Waals surface area contributed by atoms with Gasteiger partial charge in [0.1, 0.15) is 0 Å². The Morgan fingerprint density at radius 2 is 1.88 bits per heavy atom. The number of rotatable bonds is 6. The van der Waals surface area contributed by atoms with E-state index in [2.05, 4.69) is 26.0 Å². The van der Waals surface area contributed by atoms with Crippen molar-refractivity contribution in [1.82, 2.24) is 0 Å². The van der Waals surface area contributed by atoms with Crippen molar-refractivity contribution in [1.29, 1.82) is 0 Å². The Labute approximate surface area is 97.3 Å². The Hall–Kier alpha value is -1.31. The lowest BCUT2D eigenvalue weighted by Crippen LogP contribution is -2.01. The summed E-state index contributed by atoms with van der Waals surface area (Å²) in [4.78, 5) is 10.5. The van der Waals surface area contributed by atoms with Crippen LogP contribution in [0.1, 0.15) is 50.2 Å². The van der Waals surface area contributed by atoms with Crippen LogP contribution in [0, 0.1) is 0 Å². The van der Waals surface area contributed by atoms with E-state index in [1.165, 1.54) is 18.4 Å². The predicted octanol–water partition coefficient (Wildman–Crippen LogP) is 3.61. The molecule has 1 atom stereocenters. The molecule has 0 saturated heterocycles. The van der Waals surface area contributed by atoms with Crippen molar-refractivity contribution >= 4 is 5.97 Å². The fourth-order valence-corrected chi connectivity index (χ4v) is 2.04. The van der Waals surface area contributed by atoms with E-state index in [9.17, 15) is 4.79 Å². The minimum absolute atomic E-state index is 0.116. The Kier molecular flexibility index (Phi) is 5.03. The lowest BCUT2D eigenvalue weighted by molar-refractivity contribution is -0.136. The fourth-order valence-electron chi connectivity index (χ4n) is 2.04. The van der Waals surface area contributed by atoms with Crippen LogP contribution in [-0.2, 0) is 11.2 Å². The highest BCUT2D eigenvalue weighted by atomic mass is 16.4. The SMILES string of the molecule is CCCC(CC)c1ccc(CC(=O)O)cc1. The molecule has 0 aliphatic heterocycles. The van der Waals surface area contributed by atoms with Crippen LogP contribution in [0.5, 0.6) is 0 Å². The van der Waals surface area contributed by atoms with Gasteiger partial charge in [-0.05, 0) is 29.9 Å². The Morgan fingerprint density at radius 3 is 2.31 bits per heavy atom. The third-order valence-electron chi connectivity index (χ3n) is 2.94. The Bertz CT molecular complexity index is 327. The van der Waals surface area contributed by atoms with Gasteiger partial charge in [-0.1, -0.05) is 44.5 Å². The van der Waals surface area contributed by atoms with Crippen molar-refractivity contribution in [2.24, 2.45) is 0 Å². The summed E-state index contributed by atoms with van der Waals surface area (Å²) in [5.74, 6) is -0.155. The average Bonchev–Trinajstić information content (AvgIpc) is 2.26. The van der Waals surface area contributed by atoms with E-state index >= 15 is 0 Å². The van der Waals surface area contributed by atoms with E-state index in [1.54, 1.807) is 0 Å². The van der Waals surface area contributed by atoms with Crippen LogP contribution < -0.4 is 0 Å². The zero-order chi connectivity index (χ0) is 12.0. The monoisotopic (exact) mass is 220 g/mol. The van der Waals surface area contributed by atoms with Gasteiger partial charge in [0.25, 0.3) is 0 Å². The quantitative estimate of drug-likeness (QED) is 0.795. The average molecular weight is 220 g/mol. The summed E-state index contributed by atoms with van der Waals surface area (Å²) in [7, 11) is 0. The lowest BCUT2D eigenvalue weighted by Gasteiger charge is -2.14. The van der Waals surface area contributed by atoms with Gasteiger partial charge in [0.15, 0.2) is 0 Å². The van der Waals surface area contributed by atoms with E-state index in [-0.39, 0.29) is 6.42 Å². The molecule has 2 nitrogen and oxygen atoms in total. The minimum Gasteiger partial charge on any atom is -0.481 e. The molecule has 1 rings (SSSR count). The fraction of sp³-hybridized carbons (Fsp3) is 0.500. The molecule has 0 saturated carbocycles. The van der Waals surface area contributed by atoms with E-state index in [0.717, 1.165) is 12.0 Å². The molecule has 16 heavy (non-hydrogen) atoms. The van der Waals surface area contributed by atoms with E-state index < -0.39 is 5.97 Å². The second-order valence-electron chi connectivity index (χ2n) is 4.21. The van der Waals surface area contributed by atoms with Gasteiger partial charge in [0.05, 0.1) is 6.42 Å². The summed E-state index contributed by atoms with van der Waals surface area (Å²) in [5, 5.41) is 8.68. The van der Waals surface area contributed by atoms with Crippen LogP contribution in [0.2, 0.25) is 0 Å². The molecule has 1 N–H and O–H groups in total. The number of hydrogen-bond donors (Lipinski definition) is 1. The first-order valence-corrected chi connectivity index (χ1v) is 5.98. The van der Waals surface area contributed by atoms with Gasteiger partial charge in [0, 0.05) is 0 Å². The first-order valence-electron chi connectivity index (χ1n) is 5.98. The molecule has 88 valence electrons. The van der Waals surface area contributed by atoms with Gasteiger partial charge in [0.2, 0.25) is 0 Å². The second kappa shape index (κ2) is 6.31. The largest absolute Gasteiger partial charge is 0.481 e. The van der Waals surface area contributed by atoms with Crippen LogP contribution in [0.3, 0.4) is 0 Å². The summed E-state index contributed by atoms with van der Waals surface area (Å²) in [5.41, 5.74) is 2.21. The molecule has 0 aromatic heterocycles. The third-order valence-corrected chi connectivity index (χ3v) is 2.94. The number of hydrogen-bond acceptors (Lipinski definition) is 1. The van der Waals surface area contributed by atoms with Gasteiger partial charge in [-0.3, -0.25) is 4.79 Å². The molecule has 0 bridgehead atoms. The molecular formula is C14H20O2. The van der Waals surface area contributed by atoms with Crippen molar-refractivity contribution < 1.29 is 9.90 Å². The van der Waals surface area contributed by atoms with Crippen molar-refractivity contribution in [3.8, 4) is 0 Å². The number of carboxylic acids is 1. The first-order chi connectivity index (χ1) is 7.67. The summed E-state index contributed by atoms with van der Waals surface area (Å²) in [6, 6.07) is 8.01. The molecule has 1 unspecified atom stereocenters. The maximum Gasteiger partial charge on any atom is 0.307 e. The molecule has 0 spiro atoms. The second-order valence-corrected chi connectivity index (χ2v) is 4.21. The van der Waals surface area contributed by atoms with Crippen LogP contribution in [0.4, 0.5) is 0 Å². The minimum atomic E-state index is -0.770. The molecule has 0 aliphatic rings. The third kappa shape index (κ3) is 3.69. The smallest absolute Gasteiger partial charge is 0.307 e. The van der Waals surface area contributed by atoms with E-state index in [0.29, 0.717) is 5.92 Å². The van der Waals surface area contributed by atoms with Gasteiger partial charge < -0.3 is 5.11 Å². The highest BCUT2D eigenvalue weighted by Crippen LogP contribution is 2.24. The highest BCUT2D eigenvalue weighted by molar-refractivity contribution is 5.70. The maximum atomic E-state index is 10.5. The van der Waals surface area contributed by atoms with Crippen molar-refractivity contribution in [2.45, 2.75) is 45.4 Å². The van der Waals surface area contributed by atoms with Crippen LogP contribution in [0.15, 0.2) is 24.3 Å². The standard InChI is InChI=1S/C14H20O2/c1-3-5-12(4-2)13-8-6-11(7-9-13)10-14(15)16/h6-9,12H,3-5,10H2,1-2H3,(H,15,16). The van der Waals surface area contributed by atoms with Crippen molar-refractivity contribution in [3.63, 3.8) is 0 Å². The molecule has 0 amide bonds. The normalized spacial score (nSPS) is 12.4. The van der Waals surface area contributed by atoms with Gasteiger partial charge in [-0.15, -0.1) is 0 Å². The van der Waals surface area contributed by atoms with Crippen molar-refractivity contribution in [3.05, 3.63) is 35.4 Å². The summed E-state index contributed by atoms with van der Waals surface area (Å²) < 4.78 is 0. The summed E-state index contributed by atoms with van der Waals surface area (Å²) in [6.07, 6.45) is 3.65. The molecule has 1 aromatic rings. The van der Waals surface area contributed by atoms with Crippen LogP contribution in [0.25, 0.3) is 0 Å². The van der Waals surface area contributed by atoms with Crippen molar-refractivity contribution in [2.75, 3.05) is 0 Å². The summed E-state index contributed by atoms with van der Waals surface area (Å²) >= 11 is 0. The number of carboxylic acid groups (broad SMARTS) is 1. The van der Waals surface area contributed by atoms with Crippen LogP contribution in [-0.4, -0.2) is 11.1 Å². The molecule has 2 heteroatoms. The zero-order valence-electron chi connectivity index (χ0n) is 10.1. The maximum absolute atomic E-state index is 10.5. The highest BCUT2D eigenvalue weighted by Gasteiger charge is 2.08. The molecule has 0 fully saturated rings. The number of benzene rings is 1. The lowest BCUT2D eigenvalue weighted by atomic mass is 9.91. The molecule has 1 aromatic carbocycles. The van der Waals surface area contributed by atoms with Crippen LogP contribution >= 0.6 is 0 Å². The summed E-state index contributed by atoms with van der Waals surface area (Å²) in [6.45, 7) is 4.40. The van der Waals surface area contributed by atoms with Gasteiger partial charge >= 0.3 is 5.97 Å². The number of carbonyl (C=O) groups is 1. The van der Waals surface area contributed by atoms with Gasteiger partial charge in [-0.25, -0.2) is 0 Å². The molecule has 0 radical (unpaired) electrons. The predicted molar refractivity (Wildman–Crippen MR) is 65.7 cm³/mol. The van der Waals surface area contributed by atoms with E-state index in [1.807, 2.05) is 12.1 Å². The molecule has 0 aliphatic carbocycles. The topological polar surface area (TPSA) is 37.3 Å². The molecular weight excluding hydrogens is 200 g/mol.